The second-order valence-electron chi connectivity index (χ2n) is 6.96. The summed E-state index contributed by atoms with van der Waals surface area (Å²) in [5.41, 5.74) is 0.884. The Kier molecular flexibility index (Phi) is 5.54. The van der Waals surface area contributed by atoms with Crippen LogP contribution in [0, 0.1) is 0 Å². The number of piperazine rings is 1. The molecule has 144 valence electrons. The number of rotatable bonds is 7. The molecule has 1 aliphatic rings. The molecule has 0 radical (unpaired) electrons. The Bertz CT molecular complexity index is 866. The fourth-order valence-corrected chi connectivity index (χ4v) is 4.24. The average Bonchev–Trinajstić information content (AvgIpc) is 3.33. The van der Waals surface area contributed by atoms with Crippen molar-refractivity contribution in [1.82, 2.24) is 24.6 Å². The average molecular weight is 386 g/mol. The number of nitrogens with one attached hydrogen (secondary N) is 1. The van der Waals surface area contributed by atoms with Gasteiger partial charge in [0.25, 0.3) is 0 Å². The predicted octanol–water partition coefficient (Wildman–Crippen LogP) is 2.61. The normalized spacial score (nSPS) is 15.6. The lowest BCUT2D eigenvalue weighted by atomic mass is 10.3. The van der Waals surface area contributed by atoms with Crippen molar-refractivity contribution in [2.24, 2.45) is 7.05 Å². The van der Waals surface area contributed by atoms with Crippen molar-refractivity contribution in [3.05, 3.63) is 28.6 Å². The number of hydrogen-bond donors (Lipinski definition) is 1. The van der Waals surface area contributed by atoms with Crippen molar-refractivity contribution < 1.29 is 0 Å². The number of nitrogens with zero attached hydrogens (tertiary/aromatic N) is 6. The van der Waals surface area contributed by atoms with Gasteiger partial charge in [-0.25, -0.2) is 0 Å². The fraction of sp³-hybridized carbons (Fsp3) is 0.526. The fourth-order valence-electron chi connectivity index (χ4n) is 3.53. The van der Waals surface area contributed by atoms with Crippen LogP contribution in [0.15, 0.2) is 23.7 Å². The Morgan fingerprint density at radius 3 is 2.78 bits per heavy atom. The van der Waals surface area contributed by atoms with E-state index in [1.54, 1.807) is 11.3 Å². The van der Waals surface area contributed by atoms with Crippen LogP contribution in [0.3, 0.4) is 0 Å². The summed E-state index contributed by atoms with van der Waals surface area (Å²) in [5.74, 6) is 1.69. The van der Waals surface area contributed by atoms with Crippen molar-refractivity contribution in [1.29, 1.82) is 0 Å². The first-order valence-electron chi connectivity index (χ1n) is 9.68. The summed E-state index contributed by atoms with van der Waals surface area (Å²) < 4.78 is 1.83. The predicted molar refractivity (Wildman–Crippen MR) is 112 cm³/mol. The molecule has 0 amide bonds. The molecule has 1 fully saturated rings. The molecule has 1 saturated heterocycles. The van der Waals surface area contributed by atoms with Crippen LogP contribution in [0.5, 0.6) is 0 Å². The molecular weight excluding hydrogens is 358 g/mol. The van der Waals surface area contributed by atoms with Crippen LogP contribution >= 0.6 is 11.3 Å². The Balaban J connectivity index is 1.52. The molecular formula is C19H27N7S. The lowest BCUT2D eigenvalue weighted by molar-refractivity contribution is 0.257. The zero-order valence-corrected chi connectivity index (χ0v) is 16.9. The highest BCUT2D eigenvalue weighted by molar-refractivity contribution is 7.09. The molecule has 0 atom stereocenters. The lowest BCUT2D eigenvalue weighted by Crippen LogP contribution is -2.47. The number of fused-ring (bicyclic) bond motifs is 1. The van der Waals surface area contributed by atoms with Crippen LogP contribution in [0.1, 0.15) is 18.2 Å². The first kappa shape index (κ1) is 18.2. The van der Waals surface area contributed by atoms with Crippen LogP contribution in [0.4, 0.5) is 11.8 Å². The number of anilines is 2. The molecule has 7 nitrogen and oxygen atoms in total. The van der Waals surface area contributed by atoms with Gasteiger partial charge >= 0.3 is 0 Å². The maximum absolute atomic E-state index is 4.86. The molecule has 1 N–H and O–H groups in total. The van der Waals surface area contributed by atoms with Gasteiger partial charge in [0.15, 0.2) is 5.65 Å². The van der Waals surface area contributed by atoms with Gasteiger partial charge in [0.2, 0.25) is 5.95 Å². The van der Waals surface area contributed by atoms with Gasteiger partial charge < -0.3 is 10.2 Å². The first-order valence-corrected chi connectivity index (χ1v) is 10.6. The Hall–Kier alpha value is -2.19. The van der Waals surface area contributed by atoms with E-state index in [-0.39, 0.29) is 0 Å². The molecule has 0 aromatic carbocycles. The second kappa shape index (κ2) is 8.22. The highest BCUT2D eigenvalue weighted by atomic mass is 32.1. The summed E-state index contributed by atoms with van der Waals surface area (Å²) in [6.45, 7) is 8.34. The number of aromatic nitrogens is 4. The minimum atomic E-state index is 0.806. The summed E-state index contributed by atoms with van der Waals surface area (Å²) in [4.78, 5) is 15.9. The third-order valence-corrected chi connectivity index (χ3v) is 5.96. The van der Waals surface area contributed by atoms with Crippen LogP contribution in [-0.2, 0) is 13.5 Å². The summed E-state index contributed by atoms with van der Waals surface area (Å²) in [7, 11) is 1.94. The largest absolute Gasteiger partial charge is 0.369 e. The van der Waals surface area contributed by atoms with E-state index in [0.717, 1.165) is 61.9 Å². The second-order valence-corrected chi connectivity index (χ2v) is 7.99. The Labute approximate surface area is 164 Å². The monoisotopic (exact) mass is 385 g/mol. The molecule has 27 heavy (non-hydrogen) atoms. The van der Waals surface area contributed by atoms with E-state index in [4.69, 9.17) is 9.97 Å². The van der Waals surface area contributed by atoms with E-state index in [2.05, 4.69) is 44.7 Å². The molecule has 3 aromatic rings. The van der Waals surface area contributed by atoms with Gasteiger partial charge in [0.1, 0.15) is 5.82 Å². The first-order chi connectivity index (χ1) is 13.2. The number of hydrogen-bond acceptors (Lipinski definition) is 7. The molecule has 1 aliphatic heterocycles. The van der Waals surface area contributed by atoms with Gasteiger partial charge in [0, 0.05) is 44.6 Å². The van der Waals surface area contributed by atoms with Crippen molar-refractivity contribution in [3.8, 4) is 0 Å². The van der Waals surface area contributed by atoms with Crippen LogP contribution < -0.4 is 10.2 Å². The van der Waals surface area contributed by atoms with Crippen molar-refractivity contribution in [2.75, 3.05) is 49.5 Å². The highest BCUT2D eigenvalue weighted by Crippen LogP contribution is 2.24. The lowest BCUT2D eigenvalue weighted by Gasteiger charge is -2.34. The van der Waals surface area contributed by atoms with Gasteiger partial charge in [-0.1, -0.05) is 13.0 Å². The Morgan fingerprint density at radius 1 is 1.19 bits per heavy atom. The van der Waals surface area contributed by atoms with Crippen molar-refractivity contribution in [3.63, 3.8) is 0 Å². The van der Waals surface area contributed by atoms with Crippen molar-refractivity contribution >= 4 is 34.1 Å². The molecule has 0 saturated carbocycles. The number of aryl methyl sites for hydroxylation is 1. The van der Waals surface area contributed by atoms with Gasteiger partial charge in [-0.3, -0.25) is 9.58 Å². The molecule has 0 spiro atoms. The molecule has 4 rings (SSSR count). The molecule has 4 heterocycles. The SMILES string of the molecule is CCCN1CCN(c2nc(NCCc3cccs3)c3cnn(C)c3n2)CC1. The van der Waals surface area contributed by atoms with Crippen LogP contribution in [0.2, 0.25) is 0 Å². The molecule has 3 aromatic heterocycles. The standard InChI is InChI=1S/C19H27N7S/c1-3-8-25-9-11-26(12-10-25)19-22-17(16-14-21-24(2)18(16)23-19)20-7-6-15-5-4-13-27-15/h4-5,13-14H,3,6-12H2,1-2H3,(H,20,22,23). The van der Waals surface area contributed by atoms with Gasteiger partial charge in [-0.2, -0.15) is 15.1 Å². The molecule has 0 unspecified atom stereocenters. The zero-order chi connectivity index (χ0) is 18.6. The molecule has 8 heteroatoms. The van der Waals surface area contributed by atoms with E-state index in [9.17, 15) is 0 Å². The minimum absolute atomic E-state index is 0.806. The summed E-state index contributed by atoms with van der Waals surface area (Å²) in [5, 5.41) is 11.0. The topological polar surface area (TPSA) is 62.1 Å². The summed E-state index contributed by atoms with van der Waals surface area (Å²) in [6.07, 6.45) is 4.05. The van der Waals surface area contributed by atoms with Gasteiger partial charge in [-0.15, -0.1) is 11.3 Å². The smallest absolute Gasteiger partial charge is 0.229 e. The van der Waals surface area contributed by atoms with Gasteiger partial charge in [-0.05, 0) is 30.8 Å². The zero-order valence-electron chi connectivity index (χ0n) is 16.1. The highest BCUT2D eigenvalue weighted by Gasteiger charge is 2.21. The van der Waals surface area contributed by atoms with E-state index < -0.39 is 0 Å². The number of thiophene rings is 1. The third kappa shape index (κ3) is 4.06. The van der Waals surface area contributed by atoms with E-state index >= 15 is 0 Å². The third-order valence-electron chi connectivity index (χ3n) is 5.02. The maximum Gasteiger partial charge on any atom is 0.229 e. The van der Waals surface area contributed by atoms with Gasteiger partial charge in [0.05, 0.1) is 11.6 Å². The molecule has 0 aliphatic carbocycles. The quantitative estimate of drug-likeness (QED) is 0.675. The van der Waals surface area contributed by atoms with E-state index in [1.165, 1.54) is 17.8 Å². The Morgan fingerprint density at radius 2 is 2.04 bits per heavy atom. The van der Waals surface area contributed by atoms with E-state index in [1.807, 2.05) is 17.9 Å². The summed E-state index contributed by atoms with van der Waals surface area (Å²) >= 11 is 1.79. The minimum Gasteiger partial charge on any atom is -0.369 e. The molecule has 0 bridgehead atoms. The summed E-state index contributed by atoms with van der Waals surface area (Å²) in [6, 6.07) is 4.27. The van der Waals surface area contributed by atoms with Crippen molar-refractivity contribution in [2.45, 2.75) is 19.8 Å². The van der Waals surface area contributed by atoms with Crippen LogP contribution in [-0.4, -0.2) is 63.9 Å². The van der Waals surface area contributed by atoms with Crippen LogP contribution in [0.25, 0.3) is 11.0 Å². The maximum atomic E-state index is 4.86. The van der Waals surface area contributed by atoms with E-state index in [0.29, 0.717) is 0 Å².